The first-order chi connectivity index (χ1) is 9.29. The van der Waals surface area contributed by atoms with Crippen molar-refractivity contribution < 1.29 is 4.74 Å². The molecule has 1 aromatic rings. The second-order valence-electron chi connectivity index (χ2n) is 5.24. The molecule has 19 heavy (non-hydrogen) atoms. The number of aryl methyl sites for hydroxylation is 1. The molecular formula is C16H25NOS. The van der Waals surface area contributed by atoms with Crippen molar-refractivity contribution in [1.29, 1.82) is 0 Å². The zero-order valence-corrected chi connectivity index (χ0v) is 12.8. The van der Waals surface area contributed by atoms with E-state index in [-0.39, 0.29) is 0 Å². The predicted octanol–water partition coefficient (Wildman–Crippen LogP) is 3.49. The predicted molar refractivity (Wildman–Crippen MR) is 82.9 cm³/mol. The monoisotopic (exact) mass is 279 g/mol. The highest BCUT2D eigenvalue weighted by atomic mass is 32.2. The second-order valence-corrected chi connectivity index (χ2v) is 6.33. The van der Waals surface area contributed by atoms with E-state index in [9.17, 15) is 0 Å². The summed E-state index contributed by atoms with van der Waals surface area (Å²) in [4.78, 5) is 1.38. The normalized spacial score (nSPS) is 18.4. The molecule has 0 aliphatic carbocycles. The molecule has 106 valence electrons. The van der Waals surface area contributed by atoms with Crippen LogP contribution in [0.4, 0.5) is 0 Å². The molecule has 1 aliphatic rings. The minimum atomic E-state index is 0.611. The van der Waals surface area contributed by atoms with E-state index in [0.29, 0.717) is 6.04 Å². The Morgan fingerprint density at radius 3 is 2.84 bits per heavy atom. The van der Waals surface area contributed by atoms with Crippen LogP contribution in [-0.4, -0.2) is 31.6 Å². The fourth-order valence-corrected chi connectivity index (χ4v) is 3.84. The fourth-order valence-electron chi connectivity index (χ4n) is 2.63. The van der Waals surface area contributed by atoms with Gasteiger partial charge in [-0.05, 0) is 44.4 Å². The second kappa shape index (κ2) is 7.93. The molecule has 0 spiro atoms. The van der Waals surface area contributed by atoms with Crippen molar-refractivity contribution in [2.45, 2.75) is 37.6 Å². The molecule has 0 saturated carbocycles. The molecular weight excluding hydrogens is 254 g/mol. The van der Waals surface area contributed by atoms with E-state index in [1.807, 2.05) is 11.8 Å². The van der Waals surface area contributed by atoms with Gasteiger partial charge in [0.15, 0.2) is 0 Å². The zero-order chi connectivity index (χ0) is 13.5. The van der Waals surface area contributed by atoms with Gasteiger partial charge in [0.2, 0.25) is 0 Å². The van der Waals surface area contributed by atoms with E-state index in [4.69, 9.17) is 4.74 Å². The lowest BCUT2D eigenvalue weighted by atomic mass is 9.93. The number of nitrogens with one attached hydrogen (secondary N) is 1. The number of thioether (sulfide) groups is 1. The SMILES string of the molecule is CCNC(CSc1cccc(C)c1)C1CCOCC1. The minimum absolute atomic E-state index is 0.611. The van der Waals surface area contributed by atoms with Gasteiger partial charge in [-0.25, -0.2) is 0 Å². The van der Waals surface area contributed by atoms with Crippen LogP contribution in [0.3, 0.4) is 0 Å². The summed E-state index contributed by atoms with van der Waals surface area (Å²) in [6, 6.07) is 9.40. The Labute approximate surface area is 121 Å². The van der Waals surface area contributed by atoms with Crippen molar-refractivity contribution in [2.24, 2.45) is 5.92 Å². The van der Waals surface area contributed by atoms with Gasteiger partial charge >= 0.3 is 0 Å². The van der Waals surface area contributed by atoms with Crippen LogP contribution < -0.4 is 5.32 Å². The van der Waals surface area contributed by atoms with Gasteiger partial charge < -0.3 is 10.1 Å². The van der Waals surface area contributed by atoms with Crippen LogP contribution in [0.25, 0.3) is 0 Å². The molecule has 1 fully saturated rings. The number of hydrogen-bond acceptors (Lipinski definition) is 3. The zero-order valence-electron chi connectivity index (χ0n) is 12.0. The molecule has 3 heteroatoms. The fraction of sp³-hybridized carbons (Fsp3) is 0.625. The molecule has 1 saturated heterocycles. The summed E-state index contributed by atoms with van der Waals surface area (Å²) < 4.78 is 5.47. The first-order valence-electron chi connectivity index (χ1n) is 7.30. The van der Waals surface area contributed by atoms with Gasteiger partial charge in [-0.2, -0.15) is 0 Å². The van der Waals surface area contributed by atoms with Crippen molar-refractivity contribution in [3.05, 3.63) is 29.8 Å². The standard InChI is InChI=1S/C16H25NOS/c1-3-17-16(14-7-9-18-10-8-14)12-19-15-6-4-5-13(2)11-15/h4-6,11,14,16-17H,3,7-10,12H2,1-2H3. The Morgan fingerprint density at radius 2 is 2.16 bits per heavy atom. The molecule has 0 aromatic heterocycles. The quantitative estimate of drug-likeness (QED) is 0.805. The van der Waals surface area contributed by atoms with Crippen LogP contribution in [0.15, 0.2) is 29.2 Å². The van der Waals surface area contributed by atoms with Crippen molar-refractivity contribution >= 4 is 11.8 Å². The maximum atomic E-state index is 5.47. The van der Waals surface area contributed by atoms with Crippen molar-refractivity contribution in [3.63, 3.8) is 0 Å². The highest BCUT2D eigenvalue weighted by Crippen LogP contribution is 2.25. The van der Waals surface area contributed by atoms with Gasteiger partial charge in [0.1, 0.15) is 0 Å². The summed E-state index contributed by atoms with van der Waals surface area (Å²) in [5, 5.41) is 3.66. The van der Waals surface area contributed by atoms with Gasteiger partial charge in [0, 0.05) is 29.9 Å². The summed E-state index contributed by atoms with van der Waals surface area (Å²) in [6.07, 6.45) is 2.40. The van der Waals surface area contributed by atoms with Crippen LogP contribution >= 0.6 is 11.8 Å². The van der Waals surface area contributed by atoms with E-state index >= 15 is 0 Å². The Morgan fingerprint density at radius 1 is 1.37 bits per heavy atom. The number of rotatable bonds is 6. The summed E-state index contributed by atoms with van der Waals surface area (Å²) in [5.41, 5.74) is 1.34. The minimum Gasteiger partial charge on any atom is -0.381 e. The smallest absolute Gasteiger partial charge is 0.0469 e. The van der Waals surface area contributed by atoms with Gasteiger partial charge in [0.25, 0.3) is 0 Å². The van der Waals surface area contributed by atoms with Crippen LogP contribution in [0, 0.1) is 12.8 Å². The summed E-state index contributed by atoms with van der Waals surface area (Å²) in [6.45, 7) is 7.27. The van der Waals surface area contributed by atoms with Gasteiger partial charge in [-0.3, -0.25) is 0 Å². The molecule has 0 amide bonds. The maximum absolute atomic E-state index is 5.47. The Balaban J connectivity index is 1.89. The third kappa shape index (κ3) is 4.83. The highest BCUT2D eigenvalue weighted by molar-refractivity contribution is 7.99. The molecule has 1 N–H and O–H groups in total. The van der Waals surface area contributed by atoms with Crippen molar-refractivity contribution in [3.8, 4) is 0 Å². The van der Waals surface area contributed by atoms with Gasteiger partial charge in [-0.15, -0.1) is 11.8 Å². The summed E-state index contributed by atoms with van der Waals surface area (Å²) in [7, 11) is 0. The maximum Gasteiger partial charge on any atom is 0.0469 e. The molecule has 1 atom stereocenters. The number of benzene rings is 1. The lowest BCUT2D eigenvalue weighted by Gasteiger charge is -2.30. The average Bonchev–Trinajstić information content (AvgIpc) is 2.44. The molecule has 1 heterocycles. The Kier molecular flexibility index (Phi) is 6.21. The first kappa shape index (κ1) is 14.9. The number of ether oxygens (including phenoxy) is 1. The molecule has 1 unspecified atom stereocenters. The topological polar surface area (TPSA) is 21.3 Å². The van der Waals surface area contributed by atoms with E-state index in [1.54, 1.807) is 0 Å². The van der Waals surface area contributed by atoms with E-state index < -0.39 is 0 Å². The molecule has 1 aliphatic heterocycles. The van der Waals surface area contributed by atoms with Gasteiger partial charge in [-0.1, -0.05) is 24.6 Å². The molecule has 1 aromatic carbocycles. The van der Waals surface area contributed by atoms with Crippen LogP contribution in [0.2, 0.25) is 0 Å². The molecule has 0 bridgehead atoms. The summed E-state index contributed by atoms with van der Waals surface area (Å²) >= 11 is 1.97. The van der Waals surface area contributed by atoms with Crippen molar-refractivity contribution in [2.75, 3.05) is 25.5 Å². The van der Waals surface area contributed by atoms with E-state index in [1.165, 1.54) is 23.3 Å². The Bertz CT molecular complexity index is 377. The third-order valence-electron chi connectivity index (χ3n) is 3.72. The third-order valence-corrected chi connectivity index (χ3v) is 4.83. The largest absolute Gasteiger partial charge is 0.381 e. The molecule has 2 rings (SSSR count). The van der Waals surface area contributed by atoms with E-state index in [0.717, 1.165) is 31.4 Å². The lowest BCUT2D eigenvalue weighted by Crippen LogP contribution is -2.40. The van der Waals surface area contributed by atoms with E-state index in [2.05, 4.69) is 43.4 Å². The average molecular weight is 279 g/mol. The van der Waals surface area contributed by atoms with Crippen LogP contribution in [0.1, 0.15) is 25.3 Å². The number of hydrogen-bond donors (Lipinski definition) is 1. The van der Waals surface area contributed by atoms with Crippen LogP contribution in [-0.2, 0) is 4.74 Å². The van der Waals surface area contributed by atoms with Gasteiger partial charge in [0.05, 0.1) is 0 Å². The Hall–Kier alpha value is -0.510. The first-order valence-corrected chi connectivity index (χ1v) is 8.28. The summed E-state index contributed by atoms with van der Waals surface area (Å²) in [5.74, 6) is 1.92. The van der Waals surface area contributed by atoms with Crippen LogP contribution in [0.5, 0.6) is 0 Å². The highest BCUT2D eigenvalue weighted by Gasteiger charge is 2.23. The molecule has 0 radical (unpaired) electrons. The molecule has 2 nitrogen and oxygen atoms in total. The lowest BCUT2D eigenvalue weighted by molar-refractivity contribution is 0.0568. The van der Waals surface area contributed by atoms with Crippen molar-refractivity contribution in [1.82, 2.24) is 5.32 Å².